The molecule has 0 bridgehead atoms. The van der Waals surface area contributed by atoms with Crippen molar-refractivity contribution in [2.45, 2.75) is 55.4 Å². The monoisotopic (exact) mass is 346 g/mol. The molecule has 2 aromatic carbocycles. The van der Waals surface area contributed by atoms with Crippen LogP contribution < -0.4 is 0 Å². The molecule has 0 fully saturated rings. The van der Waals surface area contributed by atoms with Crippen molar-refractivity contribution in [3.63, 3.8) is 0 Å². The van der Waals surface area contributed by atoms with Gasteiger partial charge in [-0.1, -0.05) is 47.6 Å². The molecule has 0 nitrogen and oxygen atoms in total. The van der Waals surface area contributed by atoms with E-state index in [9.17, 15) is 17.6 Å². The van der Waals surface area contributed by atoms with E-state index in [0.29, 0.717) is 5.56 Å². The number of benzene rings is 2. The smallest absolute Gasteiger partial charge is 0.159 e. The van der Waals surface area contributed by atoms with Crippen molar-refractivity contribution in [2.75, 3.05) is 0 Å². The quantitative estimate of drug-likeness (QED) is 0.430. The van der Waals surface area contributed by atoms with Crippen molar-refractivity contribution in [3.05, 3.63) is 70.8 Å². The highest BCUT2D eigenvalue weighted by molar-refractivity contribution is 5.16. The molecule has 0 aliphatic carbocycles. The molecule has 0 aliphatic rings. The van der Waals surface area contributed by atoms with E-state index in [0.717, 1.165) is 23.8 Å². The highest BCUT2D eigenvalue weighted by atomic mass is 19.2. The summed E-state index contributed by atoms with van der Waals surface area (Å²) in [6.45, 7) is 15.4. The van der Waals surface area contributed by atoms with E-state index in [-0.39, 0.29) is 0 Å². The average Bonchev–Trinajstić information content (AvgIpc) is 2.56. The minimum absolute atomic E-state index is 0.521. The lowest BCUT2D eigenvalue weighted by atomic mass is 10.2. The molecule has 2 rings (SSSR count). The van der Waals surface area contributed by atoms with E-state index in [4.69, 9.17) is 0 Å². The molecule has 0 heterocycles. The van der Waals surface area contributed by atoms with Crippen molar-refractivity contribution in [1.29, 1.82) is 0 Å². The van der Waals surface area contributed by atoms with Crippen LogP contribution in [0.5, 0.6) is 0 Å². The number of hydrogen-bond donors (Lipinski definition) is 0. The van der Waals surface area contributed by atoms with Crippen LogP contribution >= 0.6 is 0 Å². The van der Waals surface area contributed by atoms with Crippen LogP contribution in [0.15, 0.2) is 36.4 Å². The Morgan fingerprint density at radius 1 is 0.500 bits per heavy atom. The van der Waals surface area contributed by atoms with E-state index < -0.39 is 23.3 Å². The Kier molecular flexibility index (Phi) is 19.7. The molecule has 24 heavy (non-hydrogen) atoms. The topological polar surface area (TPSA) is 0 Å². The van der Waals surface area contributed by atoms with E-state index in [2.05, 4.69) is 0 Å². The van der Waals surface area contributed by atoms with Crippen LogP contribution in [-0.4, -0.2) is 0 Å². The standard InChI is InChI=1S/2C7H6F2.3C2H6/c1-5-2-6(8)4-7(9)3-5;1-5-2-3-6(8)7(9)4-5;3*1-2/h2*2-4H,1H3;3*1-2H3. The zero-order chi connectivity index (χ0) is 19.7. The second kappa shape index (κ2) is 17.5. The predicted molar refractivity (Wildman–Crippen MR) is 96.2 cm³/mol. The number of rotatable bonds is 0. The molecule has 0 aromatic heterocycles. The van der Waals surface area contributed by atoms with Gasteiger partial charge in [-0.25, -0.2) is 17.6 Å². The van der Waals surface area contributed by atoms with Crippen molar-refractivity contribution in [2.24, 2.45) is 0 Å². The molecular formula is C20H30F4. The molecule has 0 spiro atoms. The average molecular weight is 346 g/mol. The molecule has 2 aromatic rings. The van der Waals surface area contributed by atoms with Gasteiger partial charge >= 0.3 is 0 Å². The maximum absolute atomic E-state index is 12.2. The summed E-state index contributed by atoms with van der Waals surface area (Å²) in [4.78, 5) is 0. The first-order chi connectivity index (χ1) is 11.4. The molecule has 0 unspecified atom stereocenters. The van der Waals surface area contributed by atoms with Gasteiger partial charge in [-0.15, -0.1) is 0 Å². The lowest BCUT2D eigenvalue weighted by molar-refractivity contribution is 0.508. The summed E-state index contributed by atoms with van der Waals surface area (Å²) in [6, 6.07) is 7.22. The molecule has 0 radical (unpaired) electrons. The third-order valence-electron chi connectivity index (χ3n) is 2.08. The van der Waals surface area contributed by atoms with Gasteiger partial charge in [-0.05, 0) is 49.2 Å². The minimum atomic E-state index is -0.791. The second-order valence-electron chi connectivity index (χ2n) is 3.86. The van der Waals surface area contributed by atoms with Crippen LogP contribution in [0.25, 0.3) is 0 Å². The van der Waals surface area contributed by atoms with E-state index >= 15 is 0 Å². The van der Waals surface area contributed by atoms with Gasteiger partial charge in [0.25, 0.3) is 0 Å². The predicted octanol–water partition coefficient (Wildman–Crippen LogP) is 7.63. The Balaban J connectivity index is -0.000000281. The lowest BCUT2D eigenvalue weighted by Crippen LogP contribution is -1.82. The third kappa shape index (κ3) is 13.8. The summed E-state index contributed by atoms with van der Waals surface area (Å²) in [5, 5.41) is 0. The van der Waals surface area contributed by atoms with Gasteiger partial charge in [0.05, 0.1) is 0 Å². The van der Waals surface area contributed by atoms with Gasteiger partial charge in [0.15, 0.2) is 11.6 Å². The molecule has 0 N–H and O–H groups in total. The van der Waals surface area contributed by atoms with Gasteiger partial charge in [0.2, 0.25) is 0 Å². The van der Waals surface area contributed by atoms with Crippen molar-refractivity contribution in [1.82, 2.24) is 0 Å². The second-order valence-corrected chi connectivity index (χ2v) is 3.86. The summed E-state index contributed by atoms with van der Waals surface area (Å²) in [5.74, 6) is -2.62. The number of aryl methyl sites for hydroxylation is 2. The Bertz CT molecular complexity index is 487. The lowest BCUT2D eigenvalue weighted by Gasteiger charge is -1.91. The fraction of sp³-hybridized carbons (Fsp3) is 0.400. The number of hydrogen-bond acceptors (Lipinski definition) is 0. The highest BCUT2D eigenvalue weighted by Crippen LogP contribution is 2.06. The van der Waals surface area contributed by atoms with Crippen LogP contribution in [0.2, 0.25) is 0 Å². The molecule has 4 heteroatoms. The molecule has 138 valence electrons. The summed E-state index contributed by atoms with van der Waals surface area (Å²) in [5.41, 5.74) is 1.33. The molecule has 0 saturated heterocycles. The van der Waals surface area contributed by atoms with Gasteiger partial charge in [-0.2, -0.15) is 0 Å². The fourth-order valence-electron chi connectivity index (χ4n) is 1.29. The highest BCUT2D eigenvalue weighted by Gasteiger charge is 1.97. The number of halogens is 4. The zero-order valence-electron chi connectivity index (χ0n) is 16.0. The van der Waals surface area contributed by atoms with Gasteiger partial charge in [-0.3, -0.25) is 0 Å². The Morgan fingerprint density at radius 2 is 0.917 bits per heavy atom. The van der Waals surface area contributed by atoms with E-state index in [1.54, 1.807) is 13.8 Å². The summed E-state index contributed by atoms with van der Waals surface area (Å²) in [7, 11) is 0. The van der Waals surface area contributed by atoms with Crippen LogP contribution in [0.4, 0.5) is 17.6 Å². The summed E-state index contributed by atoms with van der Waals surface area (Å²) >= 11 is 0. The summed E-state index contributed by atoms with van der Waals surface area (Å²) < 4.78 is 48.7. The SMILES string of the molecule is CC.CC.CC.Cc1cc(F)cc(F)c1.Cc1ccc(F)c(F)c1. The molecular weight excluding hydrogens is 316 g/mol. The van der Waals surface area contributed by atoms with Gasteiger partial charge in [0.1, 0.15) is 11.6 Å². The minimum Gasteiger partial charge on any atom is -0.207 e. The Morgan fingerprint density at radius 3 is 1.21 bits per heavy atom. The van der Waals surface area contributed by atoms with Crippen LogP contribution in [0.1, 0.15) is 52.7 Å². The van der Waals surface area contributed by atoms with Gasteiger partial charge < -0.3 is 0 Å². The first-order valence-corrected chi connectivity index (χ1v) is 8.23. The maximum atomic E-state index is 12.2. The van der Waals surface area contributed by atoms with Crippen molar-refractivity contribution in [3.8, 4) is 0 Å². The van der Waals surface area contributed by atoms with Crippen LogP contribution in [0, 0.1) is 37.1 Å². The molecule has 0 atom stereocenters. The first kappa shape index (κ1) is 27.0. The molecule has 0 amide bonds. The fourth-order valence-corrected chi connectivity index (χ4v) is 1.29. The normalized spacial score (nSPS) is 8.00. The third-order valence-corrected chi connectivity index (χ3v) is 2.08. The van der Waals surface area contributed by atoms with E-state index in [1.165, 1.54) is 18.2 Å². The van der Waals surface area contributed by atoms with E-state index in [1.807, 2.05) is 41.5 Å². The maximum Gasteiger partial charge on any atom is 0.159 e. The largest absolute Gasteiger partial charge is 0.207 e. The zero-order valence-corrected chi connectivity index (χ0v) is 16.0. The molecule has 0 aliphatic heterocycles. The van der Waals surface area contributed by atoms with Crippen molar-refractivity contribution < 1.29 is 17.6 Å². The summed E-state index contributed by atoms with van der Waals surface area (Å²) in [6.07, 6.45) is 0. The first-order valence-electron chi connectivity index (χ1n) is 8.23. The Labute approximate surface area is 144 Å². The molecule has 0 saturated carbocycles. The van der Waals surface area contributed by atoms with Crippen LogP contribution in [0.3, 0.4) is 0 Å². The Hall–Kier alpha value is -1.84. The van der Waals surface area contributed by atoms with Gasteiger partial charge in [0, 0.05) is 6.07 Å². The van der Waals surface area contributed by atoms with Crippen LogP contribution in [-0.2, 0) is 0 Å². The van der Waals surface area contributed by atoms with Crippen molar-refractivity contribution >= 4 is 0 Å².